The Labute approximate surface area is 115 Å². The van der Waals surface area contributed by atoms with Crippen LogP contribution in [0.4, 0.5) is 0 Å². The van der Waals surface area contributed by atoms with Crippen molar-refractivity contribution in [2.75, 3.05) is 6.54 Å². The van der Waals surface area contributed by atoms with Gasteiger partial charge in [0.05, 0.1) is 0 Å². The predicted octanol–water partition coefficient (Wildman–Crippen LogP) is 4.20. The minimum Gasteiger partial charge on any atom is -0.310 e. The van der Waals surface area contributed by atoms with Crippen LogP contribution < -0.4 is 5.32 Å². The van der Waals surface area contributed by atoms with Crippen molar-refractivity contribution in [1.29, 1.82) is 0 Å². The molecule has 2 aromatic rings. The maximum atomic E-state index is 3.53. The number of rotatable bonds is 2. The minimum atomic E-state index is 0. The van der Waals surface area contributed by atoms with Crippen molar-refractivity contribution in [2.24, 2.45) is 0 Å². The molecule has 1 nitrogen and oxygen atoms in total. The molecular weight excluding hydrogens is 242 g/mol. The lowest BCUT2D eigenvalue weighted by molar-refractivity contribution is 0.648. The summed E-state index contributed by atoms with van der Waals surface area (Å²) in [7, 11) is 0. The van der Waals surface area contributed by atoms with Gasteiger partial charge in [-0.1, -0.05) is 54.6 Å². The average molecular weight is 260 g/mol. The van der Waals surface area contributed by atoms with Crippen LogP contribution in [-0.4, -0.2) is 6.54 Å². The summed E-state index contributed by atoms with van der Waals surface area (Å²) in [6.45, 7) is 1.16. The Bertz CT molecular complexity index is 472. The number of halogens is 1. The molecule has 1 saturated heterocycles. The highest BCUT2D eigenvalue weighted by molar-refractivity contribution is 5.85. The largest absolute Gasteiger partial charge is 0.310 e. The minimum absolute atomic E-state index is 0. The average Bonchev–Trinajstić information content (AvgIpc) is 2.94. The molecule has 1 N–H and O–H groups in total. The molecule has 0 aromatic heterocycles. The molecule has 2 heteroatoms. The second-order valence-corrected chi connectivity index (χ2v) is 4.64. The van der Waals surface area contributed by atoms with Crippen molar-refractivity contribution in [1.82, 2.24) is 5.32 Å². The Morgan fingerprint density at radius 1 is 0.833 bits per heavy atom. The summed E-state index contributed by atoms with van der Waals surface area (Å²) < 4.78 is 0. The van der Waals surface area contributed by atoms with Crippen LogP contribution in [0.25, 0.3) is 11.1 Å². The monoisotopic (exact) mass is 259 g/mol. The molecule has 1 fully saturated rings. The first-order chi connectivity index (χ1) is 8.43. The van der Waals surface area contributed by atoms with E-state index in [0.29, 0.717) is 6.04 Å². The van der Waals surface area contributed by atoms with Gasteiger partial charge in [-0.2, -0.15) is 0 Å². The number of hydrogen-bond donors (Lipinski definition) is 1. The van der Waals surface area contributed by atoms with Crippen LogP contribution in [0.15, 0.2) is 54.6 Å². The molecular formula is C16H18ClN. The van der Waals surface area contributed by atoms with E-state index in [1.807, 2.05) is 0 Å². The Kier molecular flexibility index (Phi) is 4.40. The second kappa shape index (κ2) is 6.03. The van der Waals surface area contributed by atoms with Gasteiger partial charge < -0.3 is 5.32 Å². The van der Waals surface area contributed by atoms with Gasteiger partial charge in [-0.15, -0.1) is 12.4 Å². The fourth-order valence-corrected chi connectivity index (χ4v) is 2.51. The summed E-state index contributed by atoms with van der Waals surface area (Å²) in [6.07, 6.45) is 2.57. The van der Waals surface area contributed by atoms with E-state index in [1.54, 1.807) is 0 Å². The van der Waals surface area contributed by atoms with Gasteiger partial charge in [0.15, 0.2) is 0 Å². The summed E-state index contributed by atoms with van der Waals surface area (Å²) >= 11 is 0. The van der Waals surface area contributed by atoms with Crippen molar-refractivity contribution >= 4 is 12.4 Å². The number of benzene rings is 2. The predicted molar refractivity (Wildman–Crippen MR) is 79.1 cm³/mol. The van der Waals surface area contributed by atoms with Crippen LogP contribution in [0.5, 0.6) is 0 Å². The summed E-state index contributed by atoms with van der Waals surface area (Å²) in [5.74, 6) is 0. The third-order valence-corrected chi connectivity index (χ3v) is 3.48. The Hall–Kier alpha value is -1.31. The lowest BCUT2D eigenvalue weighted by atomic mass is 10.0. The quantitative estimate of drug-likeness (QED) is 0.852. The standard InChI is InChI=1S/C16H17N.ClH/c1-2-5-13(6-3-1)14-8-10-15(11-9-14)16-7-4-12-17-16;/h1-3,5-6,8-11,16-17H,4,7,12H2;1H/t16-;/m0./s1. The van der Waals surface area contributed by atoms with Crippen molar-refractivity contribution < 1.29 is 0 Å². The van der Waals surface area contributed by atoms with E-state index in [1.165, 1.54) is 29.5 Å². The van der Waals surface area contributed by atoms with Gasteiger partial charge >= 0.3 is 0 Å². The fourth-order valence-electron chi connectivity index (χ4n) is 2.51. The summed E-state index contributed by atoms with van der Waals surface area (Å²) in [5, 5.41) is 3.53. The number of nitrogens with one attached hydrogen (secondary N) is 1. The van der Waals surface area contributed by atoms with Gasteiger partial charge in [0.25, 0.3) is 0 Å². The Morgan fingerprint density at radius 3 is 2.11 bits per heavy atom. The van der Waals surface area contributed by atoms with E-state index >= 15 is 0 Å². The zero-order chi connectivity index (χ0) is 11.5. The Morgan fingerprint density at radius 2 is 1.50 bits per heavy atom. The fraction of sp³-hybridized carbons (Fsp3) is 0.250. The highest BCUT2D eigenvalue weighted by Gasteiger charge is 2.15. The van der Waals surface area contributed by atoms with Gasteiger partial charge in [-0.3, -0.25) is 0 Å². The Balaban J connectivity index is 0.00000120. The zero-order valence-corrected chi connectivity index (χ0v) is 11.1. The van der Waals surface area contributed by atoms with Crippen LogP contribution >= 0.6 is 12.4 Å². The van der Waals surface area contributed by atoms with E-state index in [9.17, 15) is 0 Å². The first kappa shape index (κ1) is 13.1. The van der Waals surface area contributed by atoms with Crippen molar-refractivity contribution in [3.05, 3.63) is 60.2 Å². The maximum absolute atomic E-state index is 3.53. The third kappa shape index (κ3) is 2.74. The molecule has 3 rings (SSSR count). The van der Waals surface area contributed by atoms with Gasteiger partial charge in [0.1, 0.15) is 0 Å². The molecule has 0 bridgehead atoms. The molecule has 1 atom stereocenters. The van der Waals surface area contributed by atoms with Gasteiger partial charge in [-0.25, -0.2) is 0 Å². The molecule has 0 aliphatic carbocycles. The second-order valence-electron chi connectivity index (χ2n) is 4.64. The van der Waals surface area contributed by atoms with Crippen LogP contribution in [0.3, 0.4) is 0 Å². The molecule has 0 saturated carbocycles. The smallest absolute Gasteiger partial charge is 0.0320 e. The van der Waals surface area contributed by atoms with Crippen molar-refractivity contribution in [3.63, 3.8) is 0 Å². The summed E-state index contributed by atoms with van der Waals surface area (Å²) in [4.78, 5) is 0. The van der Waals surface area contributed by atoms with Crippen LogP contribution in [0.1, 0.15) is 24.4 Å². The highest BCUT2D eigenvalue weighted by Crippen LogP contribution is 2.26. The third-order valence-electron chi connectivity index (χ3n) is 3.48. The lowest BCUT2D eigenvalue weighted by Gasteiger charge is -2.11. The van der Waals surface area contributed by atoms with Crippen LogP contribution in [0, 0.1) is 0 Å². The topological polar surface area (TPSA) is 12.0 Å². The van der Waals surface area contributed by atoms with Gasteiger partial charge in [-0.05, 0) is 36.1 Å². The van der Waals surface area contributed by atoms with Crippen LogP contribution in [-0.2, 0) is 0 Å². The van der Waals surface area contributed by atoms with Crippen molar-refractivity contribution in [3.8, 4) is 11.1 Å². The SMILES string of the molecule is Cl.c1ccc(-c2ccc([C@@H]3CCCN3)cc2)cc1. The maximum Gasteiger partial charge on any atom is 0.0320 e. The molecule has 0 spiro atoms. The normalized spacial score (nSPS) is 18.3. The zero-order valence-electron chi connectivity index (χ0n) is 10.3. The van der Waals surface area contributed by atoms with E-state index in [4.69, 9.17) is 0 Å². The van der Waals surface area contributed by atoms with E-state index in [0.717, 1.165) is 6.54 Å². The van der Waals surface area contributed by atoms with Gasteiger partial charge in [0.2, 0.25) is 0 Å². The molecule has 94 valence electrons. The molecule has 1 aliphatic heterocycles. The molecule has 0 amide bonds. The molecule has 1 heterocycles. The molecule has 0 unspecified atom stereocenters. The van der Waals surface area contributed by atoms with E-state index < -0.39 is 0 Å². The molecule has 18 heavy (non-hydrogen) atoms. The highest BCUT2D eigenvalue weighted by atomic mass is 35.5. The summed E-state index contributed by atoms with van der Waals surface area (Å²) in [5.41, 5.74) is 4.01. The molecule has 1 aliphatic rings. The molecule has 0 radical (unpaired) electrons. The lowest BCUT2D eigenvalue weighted by Crippen LogP contribution is -2.12. The van der Waals surface area contributed by atoms with E-state index in [2.05, 4.69) is 59.9 Å². The first-order valence-corrected chi connectivity index (χ1v) is 6.32. The molecule has 2 aromatic carbocycles. The number of hydrogen-bond acceptors (Lipinski definition) is 1. The van der Waals surface area contributed by atoms with Crippen LogP contribution in [0.2, 0.25) is 0 Å². The van der Waals surface area contributed by atoms with Gasteiger partial charge in [0, 0.05) is 6.04 Å². The summed E-state index contributed by atoms with van der Waals surface area (Å²) in [6, 6.07) is 20.1. The van der Waals surface area contributed by atoms with E-state index in [-0.39, 0.29) is 12.4 Å². The first-order valence-electron chi connectivity index (χ1n) is 6.32. The van der Waals surface area contributed by atoms with Crippen molar-refractivity contribution in [2.45, 2.75) is 18.9 Å².